The van der Waals surface area contributed by atoms with E-state index in [9.17, 15) is 0 Å². The molecule has 0 aliphatic heterocycles. The minimum atomic E-state index is 0.0393. The highest BCUT2D eigenvalue weighted by Crippen LogP contribution is 2.29. The van der Waals surface area contributed by atoms with Crippen LogP contribution >= 0.6 is 0 Å². The molecule has 2 rings (SSSR count). The molecule has 0 fully saturated rings. The van der Waals surface area contributed by atoms with Crippen LogP contribution in [0.25, 0.3) is 0 Å². The van der Waals surface area contributed by atoms with Gasteiger partial charge in [-0.25, -0.2) is 0 Å². The minimum Gasteiger partial charge on any atom is -0.492 e. The number of anilines is 1. The van der Waals surface area contributed by atoms with E-state index in [4.69, 9.17) is 15.9 Å². The van der Waals surface area contributed by atoms with Crippen molar-refractivity contribution in [3.05, 3.63) is 60.2 Å². The molecular weight excluding hydrogens is 286 g/mol. The van der Waals surface area contributed by atoms with Crippen LogP contribution in [-0.4, -0.2) is 19.1 Å². The van der Waals surface area contributed by atoms with Gasteiger partial charge in [-0.05, 0) is 36.1 Å². The number of nitrogens with one attached hydrogen (secondary N) is 1. The molecule has 0 saturated carbocycles. The van der Waals surface area contributed by atoms with Gasteiger partial charge in [0.15, 0.2) is 5.96 Å². The molecule has 122 valence electrons. The molecule has 0 amide bonds. The summed E-state index contributed by atoms with van der Waals surface area (Å²) >= 11 is 0. The first-order valence-corrected chi connectivity index (χ1v) is 8.01. The number of nitrogens with zero attached hydrogens (tertiary/aromatic N) is 1. The molecule has 0 heterocycles. The maximum absolute atomic E-state index is 7.91. The van der Waals surface area contributed by atoms with Crippen LogP contribution in [0.1, 0.15) is 31.7 Å². The summed E-state index contributed by atoms with van der Waals surface area (Å²) in [5.74, 6) is 1.28. The molecule has 2 aromatic carbocycles. The second-order valence-electron chi connectivity index (χ2n) is 5.57. The Morgan fingerprint density at radius 2 is 1.78 bits per heavy atom. The molecule has 4 heteroatoms. The Labute approximate surface area is 138 Å². The normalized spacial score (nSPS) is 11.7. The maximum Gasteiger partial charge on any atom is 0.193 e. The van der Waals surface area contributed by atoms with Gasteiger partial charge in [-0.2, -0.15) is 0 Å². The van der Waals surface area contributed by atoms with E-state index in [-0.39, 0.29) is 5.96 Å². The van der Waals surface area contributed by atoms with Crippen molar-refractivity contribution >= 4 is 11.6 Å². The SMILES string of the molecule is CCC(C)c1ccccc1N(CCOc1ccccc1)C(=N)N. The lowest BCUT2D eigenvalue weighted by atomic mass is 9.96. The molecule has 0 radical (unpaired) electrons. The van der Waals surface area contributed by atoms with Gasteiger partial charge in [0.1, 0.15) is 12.4 Å². The van der Waals surface area contributed by atoms with E-state index in [0.29, 0.717) is 19.1 Å². The number of rotatable bonds is 7. The van der Waals surface area contributed by atoms with Crippen LogP contribution in [0.2, 0.25) is 0 Å². The lowest BCUT2D eigenvalue weighted by Crippen LogP contribution is -2.40. The van der Waals surface area contributed by atoms with Gasteiger partial charge in [-0.1, -0.05) is 50.2 Å². The fourth-order valence-corrected chi connectivity index (χ4v) is 2.51. The zero-order valence-corrected chi connectivity index (χ0v) is 13.8. The van der Waals surface area contributed by atoms with Crippen LogP contribution < -0.4 is 15.4 Å². The quantitative estimate of drug-likeness (QED) is 0.600. The number of nitrogens with two attached hydrogens (primary N) is 1. The van der Waals surface area contributed by atoms with E-state index >= 15 is 0 Å². The number of hydrogen-bond acceptors (Lipinski definition) is 2. The Hall–Kier alpha value is -2.49. The molecule has 0 aliphatic rings. The first-order valence-electron chi connectivity index (χ1n) is 8.01. The fraction of sp³-hybridized carbons (Fsp3) is 0.316. The van der Waals surface area contributed by atoms with Crippen molar-refractivity contribution in [2.45, 2.75) is 26.2 Å². The summed E-state index contributed by atoms with van der Waals surface area (Å²) in [6.07, 6.45) is 1.04. The summed E-state index contributed by atoms with van der Waals surface area (Å²) in [6.45, 7) is 5.37. The average Bonchev–Trinajstić information content (AvgIpc) is 2.58. The molecule has 0 spiro atoms. The van der Waals surface area contributed by atoms with Gasteiger partial charge in [0.25, 0.3) is 0 Å². The average molecular weight is 311 g/mol. The highest BCUT2D eigenvalue weighted by Gasteiger charge is 2.16. The Morgan fingerprint density at radius 3 is 2.43 bits per heavy atom. The van der Waals surface area contributed by atoms with Crippen molar-refractivity contribution in [2.75, 3.05) is 18.1 Å². The van der Waals surface area contributed by atoms with Crippen molar-refractivity contribution in [3.63, 3.8) is 0 Å². The van der Waals surface area contributed by atoms with Crippen LogP contribution in [0.4, 0.5) is 5.69 Å². The highest BCUT2D eigenvalue weighted by molar-refractivity contribution is 5.93. The molecule has 1 atom stereocenters. The monoisotopic (exact) mass is 311 g/mol. The lowest BCUT2D eigenvalue weighted by molar-refractivity contribution is 0.328. The second-order valence-corrected chi connectivity index (χ2v) is 5.57. The van der Waals surface area contributed by atoms with E-state index in [0.717, 1.165) is 17.9 Å². The molecule has 0 aromatic heterocycles. The van der Waals surface area contributed by atoms with E-state index in [1.54, 1.807) is 0 Å². The van der Waals surface area contributed by atoms with E-state index in [1.165, 1.54) is 5.56 Å². The number of para-hydroxylation sites is 2. The zero-order chi connectivity index (χ0) is 16.7. The van der Waals surface area contributed by atoms with Gasteiger partial charge in [0.2, 0.25) is 0 Å². The van der Waals surface area contributed by atoms with Gasteiger partial charge < -0.3 is 15.4 Å². The van der Waals surface area contributed by atoms with Crippen LogP contribution in [0, 0.1) is 5.41 Å². The number of ether oxygens (including phenoxy) is 1. The smallest absolute Gasteiger partial charge is 0.193 e. The van der Waals surface area contributed by atoms with Crippen molar-refractivity contribution in [2.24, 2.45) is 5.73 Å². The number of guanidine groups is 1. The first-order chi connectivity index (χ1) is 11.1. The number of hydrogen-bond donors (Lipinski definition) is 2. The summed E-state index contributed by atoms with van der Waals surface area (Å²) in [7, 11) is 0. The third kappa shape index (κ3) is 4.49. The summed E-state index contributed by atoms with van der Waals surface area (Å²) in [6, 6.07) is 17.8. The van der Waals surface area contributed by atoms with Crippen LogP contribution in [0.3, 0.4) is 0 Å². The van der Waals surface area contributed by atoms with Crippen LogP contribution in [-0.2, 0) is 0 Å². The molecule has 2 aromatic rings. The highest BCUT2D eigenvalue weighted by atomic mass is 16.5. The molecule has 3 N–H and O–H groups in total. The van der Waals surface area contributed by atoms with E-state index in [1.807, 2.05) is 53.4 Å². The molecule has 23 heavy (non-hydrogen) atoms. The Morgan fingerprint density at radius 1 is 1.13 bits per heavy atom. The third-order valence-corrected chi connectivity index (χ3v) is 3.99. The molecule has 0 bridgehead atoms. The van der Waals surface area contributed by atoms with Crippen molar-refractivity contribution in [3.8, 4) is 5.75 Å². The predicted octanol–water partition coefficient (Wildman–Crippen LogP) is 3.98. The molecule has 4 nitrogen and oxygen atoms in total. The van der Waals surface area contributed by atoms with Crippen molar-refractivity contribution in [1.29, 1.82) is 5.41 Å². The van der Waals surface area contributed by atoms with Gasteiger partial charge in [-0.15, -0.1) is 0 Å². The largest absolute Gasteiger partial charge is 0.492 e. The lowest BCUT2D eigenvalue weighted by Gasteiger charge is -2.27. The van der Waals surface area contributed by atoms with Crippen molar-refractivity contribution < 1.29 is 4.74 Å². The molecule has 1 unspecified atom stereocenters. The molecule has 0 aliphatic carbocycles. The molecular formula is C19H25N3O. The summed E-state index contributed by atoms with van der Waals surface area (Å²) in [5.41, 5.74) is 8.02. The zero-order valence-electron chi connectivity index (χ0n) is 13.8. The minimum absolute atomic E-state index is 0.0393. The summed E-state index contributed by atoms with van der Waals surface area (Å²) in [4.78, 5) is 1.81. The van der Waals surface area contributed by atoms with Crippen molar-refractivity contribution in [1.82, 2.24) is 0 Å². The number of benzene rings is 2. The van der Waals surface area contributed by atoms with Gasteiger partial charge >= 0.3 is 0 Å². The summed E-state index contributed by atoms with van der Waals surface area (Å²) in [5, 5.41) is 7.91. The molecule has 0 saturated heterocycles. The Bertz CT molecular complexity index is 628. The second kappa shape index (κ2) is 8.22. The van der Waals surface area contributed by atoms with Gasteiger partial charge in [-0.3, -0.25) is 5.41 Å². The fourth-order valence-electron chi connectivity index (χ4n) is 2.51. The maximum atomic E-state index is 7.91. The van der Waals surface area contributed by atoms with Crippen LogP contribution in [0.15, 0.2) is 54.6 Å². The van der Waals surface area contributed by atoms with E-state index in [2.05, 4.69) is 19.9 Å². The Kier molecular flexibility index (Phi) is 6.03. The van der Waals surface area contributed by atoms with Gasteiger partial charge in [0, 0.05) is 5.69 Å². The first kappa shape index (κ1) is 16.9. The Balaban J connectivity index is 2.11. The third-order valence-electron chi connectivity index (χ3n) is 3.99. The summed E-state index contributed by atoms with van der Waals surface area (Å²) < 4.78 is 5.74. The van der Waals surface area contributed by atoms with Crippen LogP contribution in [0.5, 0.6) is 5.75 Å². The standard InChI is InChI=1S/C19H25N3O/c1-3-15(2)17-11-7-8-12-18(17)22(19(20)21)13-14-23-16-9-5-4-6-10-16/h4-12,15H,3,13-14H2,1-2H3,(H3,20,21). The predicted molar refractivity (Wildman–Crippen MR) is 96.3 cm³/mol. The van der Waals surface area contributed by atoms with Gasteiger partial charge in [0.05, 0.1) is 6.54 Å². The van der Waals surface area contributed by atoms with E-state index < -0.39 is 0 Å². The topological polar surface area (TPSA) is 62.3 Å².